The van der Waals surface area contributed by atoms with Gasteiger partial charge in [-0.3, -0.25) is 9.47 Å². The number of aromatic nitrogens is 2. The highest BCUT2D eigenvalue weighted by Crippen LogP contribution is 2.32. The van der Waals surface area contributed by atoms with Crippen molar-refractivity contribution >= 4 is 12.1 Å². The first kappa shape index (κ1) is 20.9. The third-order valence-corrected chi connectivity index (χ3v) is 6.18. The molecule has 3 atom stereocenters. The Morgan fingerprint density at radius 2 is 2.00 bits per heavy atom. The van der Waals surface area contributed by atoms with Crippen LogP contribution in [0.4, 0.5) is 4.79 Å². The Bertz CT molecular complexity index is 923. The Hall–Kier alpha value is -2.83. The summed E-state index contributed by atoms with van der Waals surface area (Å²) in [6, 6.07) is 6.20. The highest BCUT2D eigenvalue weighted by Gasteiger charge is 2.47. The van der Waals surface area contributed by atoms with E-state index in [9.17, 15) is 14.7 Å². The van der Waals surface area contributed by atoms with Crippen LogP contribution < -0.4 is 0 Å². The molecule has 1 fully saturated rings. The molecular formula is C22H29N3O4. The summed E-state index contributed by atoms with van der Waals surface area (Å²) in [6.07, 6.45) is 3.33. The van der Waals surface area contributed by atoms with Gasteiger partial charge in [-0.05, 0) is 57.2 Å². The quantitative estimate of drug-likeness (QED) is 0.813. The topological polar surface area (TPSA) is 84.7 Å². The van der Waals surface area contributed by atoms with Crippen molar-refractivity contribution in [3.05, 3.63) is 53.1 Å². The van der Waals surface area contributed by atoms with E-state index < -0.39 is 23.8 Å². The number of carboxylic acid groups (broad SMARTS) is 1. The molecule has 1 saturated heterocycles. The van der Waals surface area contributed by atoms with Gasteiger partial charge in [-0.2, -0.15) is 0 Å². The van der Waals surface area contributed by atoms with E-state index in [2.05, 4.69) is 37.9 Å². The first-order chi connectivity index (χ1) is 13.7. The second kappa shape index (κ2) is 7.89. The normalized spacial score (nSPS) is 21.1. The molecule has 1 aromatic heterocycles. The van der Waals surface area contributed by atoms with Crippen molar-refractivity contribution in [3.63, 3.8) is 0 Å². The van der Waals surface area contributed by atoms with E-state index in [0.29, 0.717) is 19.4 Å². The van der Waals surface area contributed by atoms with E-state index in [4.69, 9.17) is 4.74 Å². The minimum absolute atomic E-state index is 0.0159. The van der Waals surface area contributed by atoms with Gasteiger partial charge in [0, 0.05) is 24.9 Å². The molecule has 0 aliphatic carbocycles. The van der Waals surface area contributed by atoms with Crippen molar-refractivity contribution in [1.82, 2.24) is 14.5 Å². The molecule has 1 aliphatic rings. The van der Waals surface area contributed by atoms with Gasteiger partial charge in [0.1, 0.15) is 11.4 Å². The maximum absolute atomic E-state index is 12.7. The van der Waals surface area contributed by atoms with Gasteiger partial charge in [0.25, 0.3) is 0 Å². The zero-order chi connectivity index (χ0) is 21.3. The fourth-order valence-corrected chi connectivity index (χ4v) is 4.09. The molecule has 29 heavy (non-hydrogen) atoms. The number of carboxylic acids is 1. The van der Waals surface area contributed by atoms with E-state index in [1.54, 1.807) is 26.2 Å². The van der Waals surface area contributed by atoms with E-state index in [1.807, 2.05) is 10.6 Å². The van der Waals surface area contributed by atoms with Gasteiger partial charge >= 0.3 is 12.1 Å². The molecule has 1 amide bonds. The molecule has 0 radical (unpaired) electrons. The van der Waals surface area contributed by atoms with E-state index in [1.165, 1.54) is 21.6 Å². The monoisotopic (exact) mass is 399 g/mol. The minimum Gasteiger partial charge on any atom is -0.480 e. The molecule has 7 heteroatoms. The van der Waals surface area contributed by atoms with Crippen molar-refractivity contribution in [2.45, 2.75) is 65.1 Å². The Morgan fingerprint density at radius 1 is 1.28 bits per heavy atom. The summed E-state index contributed by atoms with van der Waals surface area (Å²) in [6.45, 7) is 9.98. The zero-order valence-corrected chi connectivity index (χ0v) is 17.7. The van der Waals surface area contributed by atoms with Crippen LogP contribution in [0.3, 0.4) is 0 Å². The van der Waals surface area contributed by atoms with Crippen LogP contribution in [0.5, 0.6) is 0 Å². The molecule has 2 unspecified atom stereocenters. The fourth-order valence-electron chi connectivity index (χ4n) is 4.09. The molecule has 0 bridgehead atoms. The number of benzene rings is 1. The number of rotatable bonds is 5. The molecule has 1 N–H and O–H groups in total. The van der Waals surface area contributed by atoms with Gasteiger partial charge in [0.15, 0.2) is 6.23 Å². The lowest BCUT2D eigenvalue weighted by Gasteiger charge is -2.31. The number of amides is 1. The van der Waals surface area contributed by atoms with Crippen molar-refractivity contribution in [2.24, 2.45) is 0 Å². The standard InChI is InChI=1S/C22H29N3O4/c1-14-8-6-9-18(15(14)2)16(3)19-23-11-13-24(19)17(4)29-21(28)25-12-7-10-22(25,5)20(26)27/h6,8-9,11,13,16-17H,7,10,12H2,1-5H3,(H,26,27)/t16?,17?,22-/m0/s1. The fraction of sp³-hybridized carbons (Fsp3) is 0.500. The Labute approximate surface area is 171 Å². The third kappa shape index (κ3) is 3.73. The summed E-state index contributed by atoms with van der Waals surface area (Å²) in [5.41, 5.74) is 2.39. The largest absolute Gasteiger partial charge is 0.480 e. The number of imidazole rings is 1. The zero-order valence-electron chi connectivity index (χ0n) is 17.7. The Kier molecular flexibility index (Phi) is 5.68. The number of nitrogens with zero attached hydrogens (tertiary/aromatic N) is 3. The second-order valence-corrected chi connectivity index (χ2v) is 8.02. The number of hydrogen-bond acceptors (Lipinski definition) is 4. The molecule has 0 saturated carbocycles. The van der Waals surface area contributed by atoms with Gasteiger partial charge in [-0.1, -0.05) is 25.1 Å². The van der Waals surface area contributed by atoms with E-state index >= 15 is 0 Å². The SMILES string of the molecule is Cc1cccc(C(C)c2nccn2C(C)OC(=O)N2CCC[C@@]2(C)C(=O)O)c1C. The number of likely N-dealkylation sites (tertiary alicyclic amines) is 1. The van der Waals surface area contributed by atoms with Crippen molar-refractivity contribution in [3.8, 4) is 0 Å². The molecule has 7 nitrogen and oxygen atoms in total. The smallest absolute Gasteiger partial charge is 0.412 e. The number of hydrogen-bond donors (Lipinski definition) is 1. The summed E-state index contributed by atoms with van der Waals surface area (Å²) in [5, 5.41) is 9.54. The average Bonchev–Trinajstić information content (AvgIpc) is 3.31. The predicted octanol–water partition coefficient (Wildman–Crippen LogP) is 4.25. The first-order valence-electron chi connectivity index (χ1n) is 9.97. The molecule has 0 spiro atoms. The summed E-state index contributed by atoms with van der Waals surface area (Å²) in [7, 11) is 0. The summed E-state index contributed by atoms with van der Waals surface area (Å²) in [5.74, 6) is -0.199. The van der Waals surface area contributed by atoms with Gasteiger partial charge in [0.2, 0.25) is 0 Å². The second-order valence-electron chi connectivity index (χ2n) is 8.02. The Morgan fingerprint density at radius 3 is 2.69 bits per heavy atom. The van der Waals surface area contributed by atoms with Crippen molar-refractivity contribution in [2.75, 3.05) is 6.54 Å². The lowest BCUT2D eigenvalue weighted by atomic mass is 9.93. The number of aryl methyl sites for hydroxylation is 1. The maximum Gasteiger partial charge on any atom is 0.412 e. The molecule has 3 rings (SSSR count). The van der Waals surface area contributed by atoms with Crippen LogP contribution >= 0.6 is 0 Å². The first-order valence-corrected chi connectivity index (χ1v) is 9.97. The van der Waals surface area contributed by atoms with E-state index in [0.717, 1.165) is 5.82 Å². The molecule has 1 aromatic carbocycles. The van der Waals surface area contributed by atoms with Gasteiger partial charge in [-0.25, -0.2) is 14.6 Å². The molecule has 2 heterocycles. The minimum atomic E-state index is -1.22. The van der Waals surface area contributed by atoms with E-state index in [-0.39, 0.29) is 5.92 Å². The van der Waals surface area contributed by atoms with Crippen LogP contribution in [0.15, 0.2) is 30.6 Å². The molecular weight excluding hydrogens is 370 g/mol. The molecule has 1 aliphatic heterocycles. The third-order valence-electron chi connectivity index (χ3n) is 6.18. The van der Waals surface area contributed by atoms with Crippen LogP contribution in [-0.4, -0.2) is 43.7 Å². The van der Waals surface area contributed by atoms with Crippen LogP contribution in [0.2, 0.25) is 0 Å². The number of carbonyl (C=O) groups is 2. The van der Waals surface area contributed by atoms with Crippen molar-refractivity contribution < 1.29 is 19.4 Å². The lowest BCUT2D eigenvalue weighted by molar-refractivity contribution is -0.148. The predicted molar refractivity (Wildman–Crippen MR) is 109 cm³/mol. The molecule has 156 valence electrons. The highest BCUT2D eigenvalue weighted by molar-refractivity contribution is 5.84. The van der Waals surface area contributed by atoms with Crippen LogP contribution in [-0.2, 0) is 9.53 Å². The van der Waals surface area contributed by atoms with Gasteiger partial charge < -0.3 is 9.84 Å². The van der Waals surface area contributed by atoms with Crippen LogP contribution in [0, 0.1) is 13.8 Å². The number of aliphatic carboxylic acids is 1. The Balaban J connectivity index is 1.81. The number of ether oxygens (including phenoxy) is 1. The average molecular weight is 399 g/mol. The highest BCUT2D eigenvalue weighted by atomic mass is 16.6. The lowest BCUT2D eigenvalue weighted by Crippen LogP contribution is -2.51. The van der Waals surface area contributed by atoms with Crippen LogP contribution in [0.1, 0.15) is 68.3 Å². The summed E-state index contributed by atoms with van der Waals surface area (Å²) in [4.78, 5) is 30.2. The number of carbonyl (C=O) groups excluding carboxylic acids is 1. The van der Waals surface area contributed by atoms with Crippen LogP contribution in [0.25, 0.3) is 0 Å². The van der Waals surface area contributed by atoms with Crippen molar-refractivity contribution in [1.29, 1.82) is 0 Å². The maximum atomic E-state index is 12.7. The summed E-state index contributed by atoms with van der Waals surface area (Å²) < 4.78 is 7.48. The van der Waals surface area contributed by atoms with Gasteiger partial charge in [0.05, 0.1) is 0 Å². The van der Waals surface area contributed by atoms with Gasteiger partial charge in [-0.15, -0.1) is 0 Å². The molecule has 2 aromatic rings. The summed E-state index contributed by atoms with van der Waals surface area (Å²) >= 11 is 0.